The zero-order valence-electron chi connectivity index (χ0n) is 11.2. The fourth-order valence-electron chi connectivity index (χ4n) is 2.22. The lowest BCUT2D eigenvalue weighted by atomic mass is 10.1. The van der Waals surface area contributed by atoms with Crippen LogP contribution in [0.2, 0.25) is 0 Å². The number of anilines is 2. The Kier molecular flexibility index (Phi) is 4.54. The number of aromatic nitrogens is 2. The van der Waals surface area contributed by atoms with Gasteiger partial charge >= 0.3 is 5.97 Å². The van der Waals surface area contributed by atoms with E-state index in [2.05, 4.69) is 20.2 Å². The van der Waals surface area contributed by atoms with E-state index in [1.165, 1.54) is 19.3 Å². The van der Waals surface area contributed by atoms with E-state index in [0.29, 0.717) is 18.2 Å². The number of aliphatic carboxylic acids is 1. The van der Waals surface area contributed by atoms with Crippen LogP contribution in [-0.4, -0.2) is 40.7 Å². The van der Waals surface area contributed by atoms with Gasteiger partial charge in [0.2, 0.25) is 0 Å². The maximum Gasteiger partial charge on any atom is 0.305 e. The summed E-state index contributed by atoms with van der Waals surface area (Å²) in [5.74, 6) is 1.54. The Hall–Kier alpha value is -1.85. The van der Waals surface area contributed by atoms with Crippen molar-refractivity contribution in [3.63, 3.8) is 0 Å². The van der Waals surface area contributed by atoms with Crippen molar-refractivity contribution >= 4 is 17.6 Å². The zero-order valence-corrected chi connectivity index (χ0v) is 11.2. The molecule has 0 saturated carbocycles. The highest BCUT2D eigenvalue weighted by Crippen LogP contribution is 2.20. The molecular weight excluding hydrogens is 244 g/mol. The molecule has 0 aliphatic carbocycles. The van der Waals surface area contributed by atoms with Gasteiger partial charge in [0, 0.05) is 25.7 Å². The summed E-state index contributed by atoms with van der Waals surface area (Å²) in [6, 6.07) is 1.90. The van der Waals surface area contributed by atoms with Gasteiger partial charge in [0.05, 0.1) is 6.42 Å². The fourth-order valence-corrected chi connectivity index (χ4v) is 2.22. The number of piperidine rings is 1. The number of hydrogen-bond acceptors (Lipinski definition) is 5. The summed E-state index contributed by atoms with van der Waals surface area (Å²) in [6.07, 6.45) is 3.77. The van der Waals surface area contributed by atoms with Crippen molar-refractivity contribution in [3.05, 3.63) is 11.9 Å². The van der Waals surface area contributed by atoms with Gasteiger partial charge in [0.1, 0.15) is 17.5 Å². The predicted molar refractivity (Wildman–Crippen MR) is 73.6 cm³/mol. The van der Waals surface area contributed by atoms with Gasteiger partial charge < -0.3 is 15.3 Å². The fraction of sp³-hybridized carbons (Fsp3) is 0.615. The van der Waals surface area contributed by atoms with E-state index in [9.17, 15) is 4.79 Å². The lowest BCUT2D eigenvalue weighted by molar-refractivity contribution is -0.136. The molecule has 0 unspecified atom stereocenters. The topological polar surface area (TPSA) is 78.3 Å². The van der Waals surface area contributed by atoms with E-state index in [4.69, 9.17) is 5.11 Å². The Morgan fingerprint density at radius 3 is 2.79 bits per heavy atom. The lowest BCUT2D eigenvalue weighted by Gasteiger charge is -2.28. The van der Waals surface area contributed by atoms with Crippen LogP contribution >= 0.6 is 0 Å². The second-order valence-corrected chi connectivity index (χ2v) is 4.78. The normalized spacial score (nSPS) is 15.3. The van der Waals surface area contributed by atoms with Gasteiger partial charge in [-0.2, -0.15) is 0 Å². The van der Waals surface area contributed by atoms with E-state index in [1.54, 1.807) is 0 Å². The van der Waals surface area contributed by atoms with Gasteiger partial charge in [-0.1, -0.05) is 0 Å². The van der Waals surface area contributed by atoms with Gasteiger partial charge in [-0.3, -0.25) is 4.79 Å². The van der Waals surface area contributed by atoms with Gasteiger partial charge in [0.15, 0.2) is 0 Å². The molecule has 1 fully saturated rings. The maximum atomic E-state index is 10.5. The molecule has 6 heteroatoms. The Bertz CT molecular complexity index is 444. The van der Waals surface area contributed by atoms with Crippen LogP contribution in [0.5, 0.6) is 0 Å². The van der Waals surface area contributed by atoms with Crippen LogP contribution < -0.4 is 10.2 Å². The molecular formula is C13H20N4O2. The first-order valence-electron chi connectivity index (χ1n) is 6.71. The molecule has 0 aromatic carbocycles. The number of hydrogen-bond donors (Lipinski definition) is 2. The van der Waals surface area contributed by atoms with Crippen molar-refractivity contribution in [2.24, 2.45) is 0 Å². The molecule has 2 heterocycles. The van der Waals surface area contributed by atoms with Gasteiger partial charge in [-0.05, 0) is 26.2 Å². The number of carboxylic acids is 1. The Balaban J connectivity index is 2.03. The minimum atomic E-state index is -0.811. The standard InChI is InChI=1S/C13H20N4O2/c1-10-15-11(14-6-5-13(18)19)9-12(16-10)17-7-3-2-4-8-17/h9H,2-8H2,1H3,(H,18,19)(H,14,15,16). The number of aryl methyl sites for hydroxylation is 1. The van der Waals surface area contributed by atoms with Crippen LogP contribution in [0.25, 0.3) is 0 Å². The highest BCUT2D eigenvalue weighted by atomic mass is 16.4. The summed E-state index contributed by atoms with van der Waals surface area (Å²) >= 11 is 0. The van der Waals surface area contributed by atoms with Crippen molar-refractivity contribution in [1.82, 2.24) is 9.97 Å². The number of nitrogens with one attached hydrogen (secondary N) is 1. The molecule has 0 spiro atoms. The van der Waals surface area contributed by atoms with E-state index < -0.39 is 5.97 Å². The first-order chi connectivity index (χ1) is 9.15. The molecule has 0 radical (unpaired) electrons. The van der Waals surface area contributed by atoms with Crippen molar-refractivity contribution < 1.29 is 9.90 Å². The molecule has 6 nitrogen and oxygen atoms in total. The van der Waals surface area contributed by atoms with Crippen LogP contribution in [0.15, 0.2) is 6.07 Å². The second-order valence-electron chi connectivity index (χ2n) is 4.78. The first-order valence-corrected chi connectivity index (χ1v) is 6.71. The van der Waals surface area contributed by atoms with Crippen molar-refractivity contribution in [3.8, 4) is 0 Å². The summed E-state index contributed by atoms with van der Waals surface area (Å²) in [7, 11) is 0. The van der Waals surface area contributed by atoms with Gasteiger partial charge in [-0.15, -0.1) is 0 Å². The Morgan fingerprint density at radius 2 is 2.11 bits per heavy atom. The number of carboxylic acid groups (broad SMARTS) is 1. The second kappa shape index (κ2) is 6.36. The zero-order chi connectivity index (χ0) is 13.7. The molecule has 0 bridgehead atoms. The highest BCUT2D eigenvalue weighted by Gasteiger charge is 2.13. The molecule has 1 aromatic rings. The summed E-state index contributed by atoms with van der Waals surface area (Å²) in [5, 5.41) is 11.7. The predicted octanol–water partition coefficient (Wildman–Crippen LogP) is 1.66. The van der Waals surface area contributed by atoms with E-state index in [-0.39, 0.29) is 6.42 Å². The summed E-state index contributed by atoms with van der Waals surface area (Å²) in [6.45, 7) is 4.30. The molecule has 1 aliphatic rings. The lowest BCUT2D eigenvalue weighted by Crippen LogP contribution is -2.30. The van der Waals surface area contributed by atoms with Crippen molar-refractivity contribution in [1.29, 1.82) is 0 Å². The third-order valence-corrected chi connectivity index (χ3v) is 3.15. The average Bonchev–Trinajstić information content (AvgIpc) is 2.39. The molecule has 19 heavy (non-hydrogen) atoms. The molecule has 2 N–H and O–H groups in total. The van der Waals surface area contributed by atoms with Gasteiger partial charge in [0.25, 0.3) is 0 Å². The molecule has 104 valence electrons. The summed E-state index contributed by atoms with van der Waals surface area (Å²) in [5.41, 5.74) is 0. The molecule has 2 rings (SSSR count). The third-order valence-electron chi connectivity index (χ3n) is 3.15. The van der Waals surface area contributed by atoms with Crippen LogP contribution in [0.3, 0.4) is 0 Å². The van der Waals surface area contributed by atoms with Crippen LogP contribution in [0.1, 0.15) is 31.5 Å². The summed E-state index contributed by atoms with van der Waals surface area (Å²) < 4.78 is 0. The van der Waals surface area contributed by atoms with Crippen LogP contribution in [0.4, 0.5) is 11.6 Å². The van der Waals surface area contributed by atoms with E-state index in [0.717, 1.165) is 18.9 Å². The third kappa shape index (κ3) is 4.08. The average molecular weight is 264 g/mol. The SMILES string of the molecule is Cc1nc(NCCC(=O)O)cc(N2CCCCC2)n1. The smallest absolute Gasteiger partial charge is 0.305 e. The molecule has 1 aliphatic heterocycles. The quantitative estimate of drug-likeness (QED) is 0.842. The van der Waals surface area contributed by atoms with E-state index >= 15 is 0 Å². The summed E-state index contributed by atoms with van der Waals surface area (Å²) in [4.78, 5) is 21.5. The molecule has 1 saturated heterocycles. The highest BCUT2D eigenvalue weighted by molar-refractivity contribution is 5.67. The monoisotopic (exact) mass is 264 g/mol. The van der Waals surface area contributed by atoms with Gasteiger partial charge in [-0.25, -0.2) is 9.97 Å². The Labute approximate surface area is 112 Å². The largest absolute Gasteiger partial charge is 0.481 e. The molecule has 0 atom stereocenters. The number of rotatable bonds is 5. The van der Waals surface area contributed by atoms with Crippen LogP contribution in [-0.2, 0) is 4.79 Å². The van der Waals surface area contributed by atoms with Crippen molar-refractivity contribution in [2.75, 3.05) is 29.9 Å². The number of carbonyl (C=O) groups is 1. The van der Waals surface area contributed by atoms with E-state index in [1.807, 2.05) is 13.0 Å². The maximum absolute atomic E-state index is 10.5. The molecule has 0 amide bonds. The van der Waals surface area contributed by atoms with Crippen LogP contribution in [0, 0.1) is 6.92 Å². The minimum absolute atomic E-state index is 0.0854. The first kappa shape index (κ1) is 13.6. The minimum Gasteiger partial charge on any atom is -0.481 e. The van der Waals surface area contributed by atoms with Crippen molar-refractivity contribution in [2.45, 2.75) is 32.6 Å². The number of nitrogens with zero attached hydrogens (tertiary/aromatic N) is 3. The molecule has 1 aromatic heterocycles. The Morgan fingerprint density at radius 1 is 1.37 bits per heavy atom.